The Hall–Kier alpha value is -2.07. The zero-order chi connectivity index (χ0) is 22.0. The summed E-state index contributed by atoms with van der Waals surface area (Å²) in [4.78, 5) is 16.6. The predicted octanol–water partition coefficient (Wildman–Crippen LogP) is 5.76. The maximum absolute atomic E-state index is 12.9. The van der Waals surface area contributed by atoms with E-state index in [-0.39, 0.29) is 29.4 Å². The predicted molar refractivity (Wildman–Crippen MR) is 127 cm³/mol. The molecule has 4 nitrogen and oxygen atoms in total. The zero-order valence-corrected chi connectivity index (χ0v) is 19.5. The second kappa shape index (κ2) is 7.48. The van der Waals surface area contributed by atoms with E-state index in [0.717, 1.165) is 32.1 Å². The molecule has 2 N–H and O–H groups in total. The molecular weight excluding hydrogens is 396 g/mol. The standard InChI is InChI=1S/C28H36N2O2/c1-16-9-10-23-19(12-16)18-7-4-8-24(26(18)30-23)29-15-21-20-13-22-17(2)6-5-11-28(22,3)14-25(20)32-27(21)31/h9-10,12,20-22,24-25,29-30H,2,4-8,11,13-15H2,1,3H3/t20-,21-,22+,24+,25-,28-/m1/s1. The highest BCUT2D eigenvalue weighted by atomic mass is 16.6. The van der Waals surface area contributed by atoms with Crippen LogP contribution in [0.4, 0.5) is 0 Å². The Morgan fingerprint density at radius 1 is 1.28 bits per heavy atom. The molecule has 1 aromatic heterocycles. The average molecular weight is 433 g/mol. The molecule has 0 amide bonds. The highest BCUT2D eigenvalue weighted by molar-refractivity contribution is 5.85. The zero-order valence-electron chi connectivity index (χ0n) is 19.5. The summed E-state index contributed by atoms with van der Waals surface area (Å²) in [6, 6.07) is 6.98. The molecule has 2 saturated carbocycles. The lowest BCUT2D eigenvalue weighted by Crippen LogP contribution is -2.45. The van der Waals surface area contributed by atoms with Crippen LogP contribution in [0.1, 0.15) is 74.7 Å². The van der Waals surface area contributed by atoms with Gasteiger partial charge in [-0.25, -0.2) is 0 Å². The van der Waals surface area contributed by atoms with Crippen molar-refractivity contribution in [2.45, 2.75) is 77.4 Å². The summed E-state index contributed by atoms with van der Waals surface area (Å²) in [6.45, 7) is 9.71. The number of ether oxygens (including phenoxy) is 1. The third-order valence-corrected chi connectivity index (χ3v) is 9.27. The quantitative estimate of drug-likeness (QED) is 0.479. The van der Waals surface area contributed by atoms with Gasteiger partial charge >= 0.3 is 5.97 Å². The van der Waals surface area contributed by atoms with E-state index in [4.69, 9.17) is 4.74 Å². The third-order valence-electron chi connectivity index (χ3n) is 9.27. The Bertz CT molecular complexity index is 1080. The first-order chi connectivity index (χ1) is 15.4. The van der Waals surface area contributed by atoms with E-state index in [2.05, 4.69) is 48.9 Å². The molecule has 1 aromatic carbocycles. The third kappa shape index (κ3) is 3.17. The van der Waals surface area contributed by atoms with Crippen LogP contribution in [0, 0.1) is 30.1 Å². The van der Waals surface area contributed by atoms with E-state index in [1.54, 1.807) is 0 Å². The van der Waals surface area contributed by atoms with Gasteiger partial charge in [-0.05, 0) is 87.3 Å². The van der Waals surface area contributed by atoms with Crippen LogP contribution in [-0.4, -0.2) is 23.6 Å². The van der Waals surface area contributed by atoms with E-state index in [0.29, 0.717) is 18.4 Å². The maximum Gasteiger partial charge on any atom is 0.310 e. The van der Waals surface area contributed by atoms with Gasteiger partial charge in [0.05, 0.1) is 5.92 Å². The first kappa shape index (κ1) is 20.5. The van der Waals surface area contributed by atoms with Crippen LogP contribution in [-0.2, 0) is 16.0 Å². The Morgan fingerprint density at radius 2 is 2.16 bits per heavy atom. The van der Waals surface area contributed by atoms with Crippen molar-refractivity contribution in [3.8, 4) is 0 Å². The summed E-state index contributed by atoms with van der Waals surface area (Å²) in [5, 5.41) is 5.17. The summed E-state index contributed by atoms with van der Waals surface area (Å²) >= 11 is 0. The lowest BCUT2D eigenvalue weighted by atomic mass is 9.55. The highest BCUT2D eigenvalue weighted by Crippen LogP contribution is 2.56. The molecule has 4 heteroatoms. The summed E-state index contributed by atoms with van der Waals surface area (Å²) < 4.78 is 5.98. The van der Waals surface area contributed by atoms with E-state index >= 15 is 0 Å². The topological polar surface area (TPSA) is 54.1 Å². The van der Waals surface area contributed by atoms with Crippen molar-refractivity contribution >= 4 is 16.9 Å². The molecule has 6 rings (SSSR count). The van der Waals surface area contributed by atoms with Crippen molar-refractivity contribution in [1.82, 2.24) is 10.3 Å². The van der Waals surface area contributed by atoms with Crippen LogP contribution >= 0.6 is 0 Å². The van der Waals surface area contributed by atoms with Gasteiger partial charge in [0.15, 0.2) is 0 Å². The minimum Gasteiger partial charge on any atom is -0.462 e. The van der Waals surface area contributed by atoms with E-state index in [1.165, 1.54) is 52.6 Å². The fourth-order valence-corrected chi connectivity index (χ4v) is 7.54. The first-order valence-electron chi connectivity index (χ1n) is 12.7. The largest absolute Gasteiger partial charge is 0.462 e. The van der Waals surface area contributed by atoms with Crippen molar-refractivity contribution in [1.29, 1.82) is 0 Å². The number of hydrogen-bond donors (Lipinski definition) is 2. The molecule has 32 heavy (non-hydrogen) atoms. The van der Waals surface area contributed by atoms with Crippen LogP contribution < -0.4 is 5.32 Å². The van der Waals surface area contributed by atoms with E-state index < -0.39 is 0 Å². The minimum absolute atomic E-state index is 0.0173. The van der Waals surface area contributed by atoms with Gasteiger partial charge in [0.1, 0.15) is 6.10 Å². The second-order valence-electron chi connectivity index (χ2n) is 11.3. The fourth-order valence-electron chi connectivity index (χ4n) is 7.54. The van der Waals surface area contributed by atoms with Crippen molar-refractivity contribution < 1.29 is 9.53 Å². The lowest BCUT2D eigenvalue weighted by Gasteiger charge is -2.50. The summed E-state index contributed by atoms with van der Waals surface area (Å²) in [6.07, 6.45) is 9.24. The number of benzene rings is 1. The molecule has 3 aliphatic carbocycles. The van der Waals surface area contributed by atoms with Crippen LogP contribution in [0.15, 0.2) is 30.4 Å². The fraction of sp³-hybridized carbons (Fsp3) is 0.607. The number of carbonyl (C=O) groups is 1. The second-order valence-corrected chi connectivity index (χ2v) is 11.3. The molecule has 0 radical (unpaired) electrons. The van der Waals surface area contributed by atoms with Gasteiger partial charge in [-0.2, -0.15) is 0 Å². The molecule has 1 aliphatic heterocycles. The molecule has 6 atom stereocenters. The number of aryl methyl sites for hydroxylation is 2. The summed E-state index contributed by atoms with van der Waals surface area (Å²) in [5.41, 5.74) is 7.01. The number of nitrogens with one attached hydrogen (secondary N) is 2. The Kier molecular flexibility index (Phi) is 4.80. The molecule has 2 heterocycles. The maximum atomic E-state index is 12.9. The van der Waals surface area contributed by atoms with Gasteiger partial charge < -0.3 is 15.0 Å². The first-order valence-corrected chi connectivity index (χ1v) is 12.7. The van der Waals surface area contributed by atoms with Crippen LogP contribution in [0.3, 0.4) is 0 Å². The number of esters is 1. The smallest absolute Gasteiger partial charge is 0.310 e. The van der Waals surface area contributed by atoms with E-state index in [9.17, 15) is 4.79 Å². The molecule has 4 aliphatic rings. The van der Waals surface area contributed by atoms with Crippen molar-refractivity contribution in [3.05, 3.63) is 47.2 Å². The molecule has 0 bridgehead atoms. The molecule has 0 spiro atoms. The summed E-state index contributed by atoms with van der Waals surface area (Å²) in [7, 11) is 0. The van der Waals surface area contributed by atoms with Crippen molar-refractivity contribution in [3.63, 3.8) is 0 Å². The molecule has 2 aromatic rings. The Balaban J connectivity index is 1.21. The van der Waals surface area contributed by atoms with Crippen molar-refractivity contribution in [2.75, 3.05) is 6.54 Å². The molecule has 1 saturated heterocycles. The normalized spacial score (nSPS) is 36.5. The average Bonchev–Trinajstić information content (AvgIpc) is 3.27. The summed E-state index contributed by atoms with van der Waals surface area (Å²) in [5.74, 6) is 0.865. The number of aromatic nitrogens is 1. The van der Waals surface area contributed by atoms with Gasteiger partial charge in [-0.15, -0.1) is 0 Å². The molecular formula is C28H36N2O2. The van der Waals surface area contributed by atoms with Gasteiger partial charge in [-0.3, -0.25) is 4.79 Å². The van der Waals surface area contributed by atoms with Crippen LogP contribution in [0.25, 0.3) is 10.9 Å². The van der Waals surface area contributed by atoms with Gasteiger partial charge in [0.25, 0.3) is 0 Å². The van der Waals surface area contributed by atoms with Crippen LogP contribution in [0.5, 0.6) is 0 Å². The molecule has 0 unspecified atom stereocenters. The number of fused-ring (bicyclic) bond motifs is 5. The lowest BCUT2D eigenvalue weighted by molar-refractivity contribution is -0.146. The molecule has 3 fully saturated rings. The van der Waals surface area contributed by atoms with Crippen LogP contribution in [0.2, 0.25) is 0 Å². The number of allylic oxidation sites excluding steroid dienone is 1. The Labute approximate surface area is 191 Å². The number of hydrogen-bond acceptors (Lipinski definition) is 3. The SMILES string of the molecule is C=C1CCC[C@]2(C)C[C@H]3OC(=O)[C@H](CN[C@H]4CCCc5c4[nH]c4ccc(C)cc54)[C@H]3C[C@@H]12. The highest BCUT2D eigenvalue weighted by Gasteiger charge is 2.55. The molecule has 170 valence electrons. The number of H-pyrrole nitrogens is 1. The van der Waals surface area contributed by atoms with E-state index in [1.807, 2.05) is 0 Å². The van der Waals surface area contributed by atoms with Crippen molar-refractivity contribution in [2.24, 2.45) is 23.2 Å². The Morgan fingerprint density at radius 3 is 3.03 bits per heavy atom. The van der Waals surface area contributed by atoms with Gasteiger partial charge in [0.2, 0.25) is 0 Å². The minimum atomic E-state index is -0.0312. The number of aromatic amines is 1. The number of carbonyl (C=O) groups excluding carboxylic acids is 1. The number of rotatable bonds is 3. The van der Waals surface area contributed by atoms with Gasteiger partial charge in [-0.1, -0.05) is 30.7 Å². The monoisotopic (exact) mass is 432 g/mol. The van der Waals surface area contributed by atoms with Gasteiger partial charge in [0, 0.05) is 35.1 Å².